The Hall–Kier alpha value is -2.52. The van der Waals surface area contributed by atoms with E-state index in [1.807, 2.05) is 10.8 Å². The van der Waals surface area contributed by atoms with Crippen molar-refractivity contribution in [3.05, 3.63) is 43.0 Å². The van der Waals surface area contributed by atoms with Crippen molar-refractivity contribution in [2.75, 3.05) is 19.4 Å². The predicted molar refractivity (Wildman–Crippen MR) is 123 cm³/mol. The number of aromatic nitrogens is 2. The van der Waals surface area contributed by atoms with Crippen LogP contribution in [0.15, 0.2) is 47.9 Å². The van der Waals surface area contributed by atoms with Crippen LogP contribution >= 0.6 is 11.8 Å². The number of rotatable bonds is 11. The number of aryl methyl sites for hydroxylation is 1. The first-order chi connectivity index (χ1) is 15.1. The number of thioether (sulfide) groups is 1. The van der Waals surface area contributed by atoms with Crippen molar-refractivity contribution in [2.45, 2.75) is 43.0 Å². The molecular formula is C21H28N4O5S2. The zero-order valence-electron chi connectivity index (χ0n) is 18.5. The first-order valence-electron chi connectivity index (χ1n) is 9.77. The molecule has 9 nitrogen and oxygen atoms in total. The highest BCUT2D eigenvalue weighted by Crippen LogP contribution is 2.34. The highest BCUT2D eigenvalue weighted by atomic mass is 32.2. The molecule has 1 unspecified atom stereocenters. The lowest BCUT2D eigenvalue weighted by Crippen LogP contribution is -2.56. The van der Waals surface area contributed by atoms with E-state index in [2.05, 4.69) is 16.8 Å². The highest BCUT2D eigenvalue weighted by Gasteiger charge is 2.43. The quantitative estimate of drug-likeness (QED) is 0.287. The molecule has 1 aromatic carbocycles. The summed E-state index contributed by atoms with van der Waals surface area (Å²) in [6.07, 6.45) is 5.18. The number of likely N-dealkylation sites (N-methyl/N-ethyl adjacent to an activating group) is 1. The number of benzene rings is 1. The maximum atomic E-state index is 13.3. The van der Waals surface area contributed by atoms with Gasteiger partial charge in [-0.2, -0.15) is 16.1 Å². The van der Waals surface area contributed by atoms with Gasteiger partial charge in [-0.25, -0.2) is 18.9 Å². The Morgan fingerprint density at radius 2 is 2.06 bits per heavy atom. The molecule has 32 heavy (non-hydrogen) atoms. The molecule has 174 valence electrons. The Labute approximate surface area is 193 Å². The molecule has 0 fully saturated rings. The Bertz CT molecular complexity index is 1040. The van der Waals surface area contributed by atoms with Crippen LogP contribution in [0.1, 0.15) is 20.8 Å². The zero-order chi connectivity index (χ0) is 23.8. The second-order valence-corrected chi connectivity index (χ2v) is 11.1. The van der Waals surface area contributed by atoms with Crippen LogP contribution in [0.5, 0.6) is 5.75 Å². The number of sulfonamides is 1. The zero-order valence-corrected chi connectivity index (χ0v) is 20.1. The maximum Gasteiger partial charge on any atom is 0.263 e. The predicted octanol–water partition coefficient (Wildman–Crippen LogP) is 1.99. The largest absolute Gasteiger partial charge is 0.481 e. The lowest BCUT2D eigenvalue weighted by atomic mass is 10.0. The maximum absolute atomic E-state index is 13.3. The smallest absolute Gasteiger partial charge is 0.263 e. The number of hydrogen-bond acceptors (Lipinski definition) is 7. The van der Waals surface area contributed by atoms with E-state index in [-0.39, 0.29) is 11.5 Å². The van der Waals surface area contributed by atoms with Gasteiger partial charge in [0.2, 0.25) is 10.0 Å². The summed E-state index contributed by atoms with van der Waals surface area (Å²) < 4.78 is 33.9. The van der Waals surface area contributed by atoms with Crippen molar-refractivity contribution in [1.29, 1.82) is 0 Å². The lowest BCUT2D eigenvalue weighted by Gasteiger charge is -2.37. The SMILES string of the molecule is CC#CCOc1ccc(S(=O)(=O)N(C)C(C(=O)NO)C(C)(C)SCCn2ccnc2)cc1. The van der Waals surface area contributed by atoms with Gasteiger partial charge in [0, 0.05) is 36.5 Å². The molecular weight excluding hydrogens is 452 g/mol. The third-order valence-corrected chi connectivity index (χ3v) is 7.94. The molecule has 0 aliphatic heterocycles. The molecule has 0 saturated carbocycles. The number of hydrogen-bond donors (Lipinski definition) is 2. The van der Waals surface area contributed by atoms with Crippen molar-refractivity contribution in [3.63, 3.8) is 0 Å². The molecule has 1 aromatic heterocycles. The number of carbonyl (C=O) groups excluding carboxylic acids is 1. The third kappa shape index (κ3) is 6.49. The molecule has 0 radical (unpaired) electrons. The lowest BCUT2D eigenvalue weighted by molar-refractivity contribution is -0.133. The van der Waals surface area contributed by atoms with Gasteiger partial charge in [0.25, 0.3) is 5.91 Å². The molecule has 0 bridgehead atoms. The van der Waals surface area contributed by atoms with E-state index >= 15 is 0 Å². The number of nitrogens with one attached hydrogen (secondary N) is 1. The summed E-state index contributed by atoms with van der Waals surface area (Å²) in [6.45, 7) is 6.07. The van der Waals surface area contributed by atoms with Crippen LogP contribution in [0.2, 0.25) is 0 Å². The Morgan fingerprint density at radius 1 is 1.38 bits per heavy atom. The van der Waals surface area contributed by atoms with E-state index in [1.54, 1.807) is 38.8 Å². The molecule has 0 aliphatic carbocycles. The summed E-state index contributed by atoms with van der Waals surface area (Å²) in [5.41, 5.74) is 1.61. The molecule has 2 rings (SSSR count). The Morgan fingerprint density at radius 3 is 2.62 bits per heavy atom. The molecule has 11 heteroatoms. The number of hydroxylamine groups is 1. The van der Waals surface area contributed by atoms with Crippen LogP contribution in [0.4, 0.5) is 0 Å². The average Bonchev–Trinajstić information content (AvgIpc) is 3.27. The van der Waals surface area contributed by atoms with Gasteiger partial charge >= 0.3 is 0 Å². The van der Waals surface area contributed by atoms with Gasteiger partial charge in [-0.1, -0.05) is 5.92 Å². The van der Waals surface area contributed by atoms with Crippen LogP contribution in [-0.2, 0) is 21.4 Å². The summed E-state index contributed by atoms with van der Waals surface area (Å²) in [7, 11) is -2.71. The van der Waals surface area contributed by atoms with E-state index in [4.69, 9.17) is 4.74 Å². The number of amides is 1. The van der Waals surface area contributed by atoms with Gasteiger partial charge in [-0.15, -0.1) is 5.92 Å². The fourth-order valence-corrected chi connectivity index (χ4v) is 5.86. The number of imidazole rings is 1. The van der Waals surface area contributed by atoms with Gasteiger partial charge in [0.15, 0.2) is 0 Å². The summed E-state index contributed by atoms with van der Waals surface area (Å²) in [5.74, 6) is 5.75. The van der Waals surface area contributed by atoms with Gasteiger partial charge in [0.05, 0.1) is 11.2 Å². The molecule has 1 amide bonds. The number of carbonyl (C=O) groups is 1. The van der Waals surface area contributed by atoms with E-state index in [1.165, 1.54) is 43.1 Å². The fourth-order valence-electron chi connectivity index (χ4n) is 3.10. The van der Waals surface area contributed by atoms with Crippen molar-refractivity contribution in [2.24, 2.45) is 0 Å². The molecule has 2 N–H and O–H groups in total. The topological polar surface area (TPSA) is 114 Å². The monoisotopic (exact) mass is 480 g/mol. The van der Waals surface area contributed by atoms with E-state index in [0.717, 1.165) is 4.31 Å². The molecule has 0 spiro atoms. The van der Waals surface area contributed by atoms with Crippen molar-refractivity contribution >= 4 is 27.7 Å². The molecule has 2 aromatic rings. The molecule has 0 aliphatic rings. The number of ether oxygens (including phenoxy) is 1. The van der Waals surface area contributed by atoms with Crippen LogP contribution in [0.25, 0.3) is 0 Å². The van der Waals surface area contributed by atoms with Gasteiger partial charge in [0.1, 0.15) is 18.4 Å². The van der Waals surface area contributed by atoms with Crippen LogP contribution < -0.4 is 10.2 Å². The first-order valence-corrected chi connectivity index (χ1v) is 12.2. The minimum Gasteiger partial charge on any atom is -0.481 e. The van der Waals surface area contributed by atoms with E-state index in [0.29, 0.717) is 18.0 Å². The van der Waals surface area contributed by atoms with Gasteiger partial charge < -0.3 is 9.30 Å². The summed E-state index contributed by atoms with van der Waals surface area (Å²) >= 11 is 1.42. The normalized spacial score (nSPS) is 12.7. The van der Waals surface area contributed by atoms with Crippen LogP contribution in [0, 0.1) is 11.8 Å². The Kier molecular flexibility index (Phi) is 9.15. The van der Waals surface area contributed by atoms with Gasteiger partial charge in [-0.05, 0) is 45.0 Å². The first kappa shape index (κ1) is 25.7. The third-order valence-electron chi connectivity index (χ3n) is 4.75. The number of nitrogens with zero attached hydrogens (tertiary/aromatic N) is 3. The minimum atomic E-state index is -4.04. The summed E-state index contributed by atoms with van der Waals surface area (Å²) in [4.78, 5) is 16.5. The summed E-state index contributed by atoms with van der Waals surface area (Å²) in [6, 6.07) is 4.72. The van der Waals surface area contributed by atoms with Crippen molar-refractivity contribution in [3.8, 4) is 17.6 Å². The second-order valence-electron chi connectivity index (χ2n) is 7.34. The van der Waals surface area contributed by atoms with Gasteiger partial charge in [-0.3, -0.25) is 10.0 Å². The molecule has 1 atom stereocenters. The van der Waals surface area contributed by atoms with E-state index < -0.39 is 26.7 Å². The summed E-state index contributed by atoms with van der Waals surface area (Å²) in [5, 5.41) is 9.30. The van der Waals surface area contributed by atoms with Crippen LogP contribution in [-0.4, -0.2) is 63.6 Å². The standard InChI is InChI=1S/C21H28N4O5S2/c1-5-6-14-30-17-7-9-18(10-8-17)32(28,29)24(4)19(20(26)23-27)21(2,3)31-15-13-25-12-11-22-16-25/h7-12,16,19,27H,13-15H2,1-4H3,(H,23,26). The van der Waals surface area contributed by atoms with E-state index in [9.17, 15) is 18.4 Å². The van der Waals surface area contributed by atoms with Crippen molar-refractivity contribution < 1.29 is 23.2 Å². The minimum absolute atomic E-state index is 0.00359. The molecule has 1 heterocycles. The Balaban J connectivity index is 2.21. The average molecular weight is 481 g/mol. The second kappa shape index (κ2) is 11.4. The fraction of sp³-hybridized carbons (Fsp3) is 0.429. The van der Waals surface area contributed by atoms with Crippen molar-refractivity contribution in [1.82, 2.24) is 19.3 Å². The highest BCUT2D eigenvalue weighted by molar-refractivity contribution is 8.00. The van der Waals surface area contributed by atoms with Crippen LogP contribution in [0.3, 0.4) is 0 Å². The molecule has 0 saturated heterocycles.